The molecule has 0 saturated heterocycles. The average Bonchev–Trinajstić information content (AvgIpc) is 2.34. The molecule has 5 nitrogen and oxygen atoms in total. The summed E-state index contributed by atoms with van der Waals surface area (Å²) in [6.07, 6.45) is 2.90. The van der Waals surface area contributed by atoms with E-state index >= 15 is 0 Å². The van der Waals surface area contributed by atoms with Gasteiger partial charge in [-0.15, -0.1) is 6.58 Å². The van der Waals surface area contributed by atoms with E-state index in [1.165, 1.54) is 12.3 Å². The maximum atomic E-state index is 12.4. The Morgan fingerprint density at radius 2 is 2.00 bits per heavy atom. The maximum absolute atomic E-state index is 12.4. The minimum absolute atomic E-state index is 0.130. The molecular weight excluding hydrogens is 244 g/mol. The van der Waals surface area contributed by atoms with Crippen molar-refractivity contribution in [2.24, 2.45) is 5.92 Å². The molecule has 0 aliphatic heterocycles. The Bertz CT molecular complexity index is 477. The molecule has 0 bridgehead atoms. The molecule has 0 spiro atoms. The zero-order valence-corrected chi connectivity index (χ0v) is 11.4. The van der Waals surface area contributed by atoms with E-state index in [1.54, 1.807) is 39.3 Å². The lowest BCUT2D eigenvalue weighted by Crippen LogP contribution is -2.55. The maximum Gasteiger partial charge on any atom is 0.363 e. The molecule has 5 heteroatoms. The third-order valence-electron chi connectivity index (χ3n) is 2.90. The summed E-state index contributed by atoms with van der Waals surface area (Å²) in [5.41, 5.74) is 0.257. The van der Waals surface area contributed by atoms with Crippen molar-refractivity contribution < 1.29 is 19.2 Å². The molecule has 0 amide bonds. The van der Waals surface area contributed by atoms with E-state index in [1.807, 2.05) is 0 Å². The van der Waals surface area contributed by atoms with Crippen molar-refractivity contribution >= 4 is 11.8 Å². The topological polar surface area (TPSA) is 67.3 Å². The number of carboxylic acid groups (broad SMARTS) is 1. The van der Waals surface area contributed by atoms with Crippen molar-refractivity contribution in [3.05, 3.63) is 42.7 Å². The number of rotatable bonds is 6. The second kappa shape index (κ2) is 5.75. The fourth-order valence-corrected chi connectivity index (χ4v) is 2.03. The van der Waals surface area contributed by atoms with Gasteiger partial charge in [0.15, 0.2) is 5.78 Å². The average molecular weight is 263 g/mol. The Labute approximate surface area is 112 Å². The fraction of sp³-hybridized carbons (Fsp3) is 0.357. The van der Waals surface area contributed by atoms with E-state index < -0.39 is 17.9 Å². The molecule has 1 aromatic heterocycles. The monoisotopic (exact) mass is 263 g/mol. The number of hydrogen-bond acceptors (Lipinski definition) is 3. The van der Waals surface area contributed by atoms with Gasteiger partial charge in [0.25, 0.3) is 0 Å². The third kappa shape index (κ3) is 3.48. The van der Waals surface area contributed by atoms with Crippen LogP contribution in [0.3, 0.4) is 0 Å². The molecule has 2 atom stereocenters. The van der Waals surface area contributed by atoms with Crippen LogP contribution in [0.5, 0.6) is 0 Å². The van der Waals surface area contributed by atoms with E-state index in [4.69, 9.17) is 0 Å². The summed E-state index contributed by atoms with van der Waals surface area (Å²) in [4.78, 5) is 27.8. The van der Waals surface area contributed by atoms with Crippen molar-refractivity contribution in [2.45, 2.75) is 6.04 Å². The molecule has 1 N–H and O–H groups in total. The summed E-state index contributed by atoms with van der Waals surface area (Å²) >= 11 is 0. The van der Waals surface area contributed by atoms with Crippen LogP contribution in [0, 0.1) is 5.92 Å². The zero-order chi connectivity index (χ0) is 14.6. The summed E-state index contributed by atoms with van der Waals surface area (Å²) in [5.74, 6) is -2.16. The second-order valence-corrected chi connectivity index (χ2v) is 5.24. The summed E-state index contributed by atoms with van der Waals surface area (Å²) in [7, 11) is 5.21. The molecular formula is C14H19N2O3+. The van der Waals surface area contributed by atoms with Gasteiger partial charge in [-0.3, -0.25) is 9.78 Å². The van der Waals surface area contributed by atoms with E-state index in [9.17, 15) is 14.7 Å². The van der Waals surface area contributed by atoms with Crippen LogP contribution >= 0.6 is 0 Å². The largest absolute Gasteiger partial charge is 0.477 e. The highest BCUT2D eigenvalue weighted by Crippen LogP contribution is 2.20. The number of quaternary nitrogens is 1. The Balaban J connectivity index is 3.16. The van der Waals surface area contributed by atoms with Crippen LogP contribution in [0.2, 0.25) is 0 Å². The number of carbonyl (C=O) groups is 2. The normalized spacial score (nSPS) is 14.5. The molecule has 2 unspecified atom stereocenters. The lowest BCUT2D eigenvalue weighted by molar-refractivity contribution is -0.889. The van der Waals surface area contributed by atoms with Crippen molar-refractivity contribution in [2.75, 3.05) is 21.1 Å². The lowest BCUT2D eigenvalue weighted by atomic mass is 9.91. The van der Waals surface area contributed by atoms with E-state index in [0.29, 0.717) is 0 Å². The first-order valence-electron chi connectivity index (χ1n) is 5.90. The number of nitrogens with zero attached hydrogens (tertiary/aromatic N) is 2. The van der Waals surface area contributed by atoms with Crippen molar-refractivity contribution in [1.82, 2.24) is 4.98 Å². The van der Waals surface area contributed by atoms with Gasteiger partial charge in [0, 0.05) is 6.20 Å². The van der Waals surface area contributed by atoms with Gasteiger partial charge >= 0.3 is 5.97 Å². The number of likely N-dealkylation sites (N-methyl/N-ethyl adjacent to an activating group) is 1. The molecule has 0 saturated carbocycles. The molecule has 1 heterocycles. The number of carboxylic acids is 1. The van der Waals surface area contributed by atoms with Gasteiger partial charge < -0.3 is 9.59 Å². The summed E-state index contributed by atoms with van der Waals surface area (Å²) < 4.78 is 0.130. The van der Waals surface area contributed by atoms with Gasteiger partial charge in [0.2, 0.25) is 6.04 Å². The number of aliphatic carboxylic acids is 1. The van der Waals surface area contributed by atoms with Gasteiger partial charge in [-0.2, -0.15) is 0 Å². The number of hydrogen-bond donors (Lipinski definition) is 1. The lowest BCUT2D eigenvalue weighted by Gasteiger charge is -2.34. The molecule has 0 aliphatic rings. The summed E-state index contributed by atoms with van der Waals surface area (Å²) in [5, 5.41) is 9.37. The summed E-state index contributed by atoms with van der Waals surface area (Å²) in [6.45, 7) is 3.60. The third-order valence-corrected chi connectivity index (χ3v) is 2.90. The van der Waals surface area contributed by atoms with Crippen LogP contribution in [0.1, 0.15) is 10.5 Å². The van der Waals surface area contributed by atoms with Crippen molar-refractivity contribution in [1.29, 1.82) is 0 Å². The highest BCUT2D eigenvalue weighted by atomic mass is 16.4. The Kier molecular flexibility index (Phi) is 4.56. The van der Waals surface area contributed by atoms with Crippen LogP contribution in [-0.2, 0) is 4.79 Å². The first-order chi connectivity index (χ1) is 8.79. The van der Waals surface area contributed by atoms with Gasteiger partial charge in [-0.1, -0.05) is 12.1 Å². The highest BCUT2D eigenvalue weighted by molar-refractivity contribution is 6.00. The van der Waals surface area contributed by atoms with Gasteiger partial charge in [-0.25, -0.2) is 4.79 Å². The Morgan fingerprint density at radius 3 is 2.37 bits per heavy atom. The van der Waals surface area contributed by atoms with Gasteiger partial charge in [0.1, 0.15) is 11.6 Å². The molecule has 19 heavy (non-hydrogen) atoms. The predicted molar refractivity (Wildman–Crippen MR) is 71.7 cm³/mol. The number of carbonyl (C=O) groups excluding carboxylic acids is 1. The Morgan fingerprint density at radius 1 is 1.37 bits per heavy atom. The van der Waals surface area contributed by atoms with Crippen LogP contribution in [0.4, 0.5) is 0 Å². The quantitative estimate of drug-likeness (QED) is 0.476. The first kappa shape index (κ1) is 15.0. The Hall–Kier alpha value is -2.01. The molecule has 0 radical (unpaired) electrons. The van der Waals surface area contributed by atoms with Crippen LogP contribution in [0.25, 0.3) is 0 Å². The predicted octanol–water partition coefficient (Wildman–Crippen LogP) is 1.23. The minimum atomic E-state index is -1.03. The number of pyridine rings is 1. The van der Waals surface area contributed by atoms with E-state index in [2.05, 4.69) is 11.6 Å². The minimum Gasteiger partial charge on any atom is -0.477 e. The van der Waals surface area contributed by atoms with Gasteiger partial charge in [0.05, 0.1) is 21.1 Å². The van der Waals surface area contributed by atoms with Crippen LogP contribution in [0.15, 0.2) is 37.1 Å². The fourth-order valence-electron chi connectivity index (χ4n) is 2.03. The number of ketones is 1. The summed E-state index contributed by atoms with van der Waals surface area (Å²) in [6, 6.07) is 4.08. The number of aromatic nitrogens is 1. The number of Topliss-reactive ketones (excluding diaryl/α,β-unsaturated/α-hetero) is 1. The molecule has 0 fully saturated rings. The molecule has 0 aliphatic carbocycles. The smallest absolute Gasteiger partial charge is 0.363 e. The van der Waals surface area contributed by atoms with Gasteiger partial charge in [-0.05, 0) is 12.1 Å². The van der Waals surface area contributed by atoms with Crippen LogP contribution in [-0.4, -0.2) is 53.5 Å². The van der Waals surface area contributed by atoms with Crippen molar-refractivity contribution in [3.63, 3.8) is 0 Å². The molecule has 0 aromatic carbocycles. The standard InChI is InChI=1S/C14H18N2O3/c1-5-10(12(14(18)19)16(2,3)4)13(17)11-8-6-7-9-15-11/h5-10,12H,1H2,2-4H3/p+1. The first-order valence-corrected chi connectivity index (χ1v) is 5.90. The van der Waals surface area contributed by atoms with E-state index in [0.717, 1.165) is 0 Å². The second-order valence-electron chi connectivity index (χ2n) is 5.24. The molecule has 102 valence electrons. The highest BCUT2D eigenvalue weighted by Gasteiger charge is 2.42. The zero-order valence-electron chi connectivity index (χ0n) is 11.4. The van der Waals surface area contributed by atoms with Crippen LogP contribution < -0.4 is 0 Å². The van der Waals surface area contributed by atoms with Crippen molar-refractivity contribution in [3.8, 4) is 0 Å². The molecule has 1 rings (SSSR count). The SMILES string of the molecule is C=CC(C(=O)c1ccccn1)C(C(=O)O)[N+](C)(C)C. The van der Waals surface area contributed by atoms with E-state index in [-0.39, 0.29) is 16.0 Å². The molecule has 1 aromatic rings.